The molecule has 0 spiro atoms. The molecule has 1 aromatic rings. The van der Waals surface area contributed by atoms with Crippen molar-refractivity contribution in [1.29, 1.82) is 0 Å². The van der Waals surface area contributed by atoms with Crippen LogP contribution < -0.4 is 12.4 Å². The number of nitro groups is 1. The Kier molecular flexibility index (Phi) is 4.71. The molecule has 0 atom stereocenters. The van der Waals surface area contributed by atoms with Crippen molar-refractivity contribution in [3.63, 3.8) is 0 Å². The van der Waals surface area contributed by atoms with E-state index in [1.807, 2.05) is 6.07 Å². The number of rotatable bonds is 3. The van der Waals surface area contributed by atoms with Crippen molar-refractivity contribution in [1.82, 2.24) is 0 Å². The van der Waals surface area contributed by atoms with E-state index >= 15 is 0 Å². The van der Waals surface area contributed by atoms with E-state index in [0.717, 1.165) is 16.6 Å². The molecule has 84 valence electrons. The number of nitrogens with zero attached hydrogens (tertiary/aromatic N) is 2. The number of hydrogen-bond acceptors (Lipinski definition) is 2. The predicted octanol–water partition coefficient (Wildman–Crippen LogP) is -1.19. The first kappa shape index (κ1) is 13.9. The standard InChI is InChI=1S/C10H15N2O2.ClH/c1-12(2,3)8-9-5-4-6-10(7-9)11(13)14;/h4-7H,8H2,1-3H3;1H/q+1;/p-1. The Morgan fingerprint density at radius 3 is 2.40 bits per heavy atom. The van der Waals surface area contributed by atoms with E-state index in [0.29, 0.717) is 0 Å². The molecule has 1 aromatic carbocycles. The molecule has 0 aliphatic carbocycles. The molecular weight excluding hydrogens is 216 g/mol. The summed E-state index contributed by atoms with van der Waals surface area (Å²) in [5.74, 6) is 0. The Labute approximate surface area is 95.7 Å². The minimum Gasteiger partial charge on any atom is -1.00 e. The lowest BCUT2D eigenvalue weighted by Gasteiger charge is -2.23. The van der Waals surface area contributed by atoms with Crippen molar-refractivity contribution in [2.45, 2.75) is 6.54 Å². The third-order valence-electron chi connectivity index (χ3n) is 1.78. The second-order valence-electron chi connectivity index (χ2n) is 4.38. The quantitative estimate of drug-likeness (QED) is 0.372. The minimum absolute atomic E-state index is 0. The maximum absolute atomic E-state index is 10.5. The number of hydrogen-bond donors (Lipinski definition) is 0. The lowest BCUT2D eigenvalue weighted by molar-refractivity contribution is -0.884. The first-order chi connectivity index (χ1) is 6.38. The predicted molar refractivity (Wildman–Crippen MR) is 54.8 cm³/mol. The lowest BCUT2D eigenvalue weighted by Crippen LogP contribution is -3.00. The molecule has 15 heavy (non-hydrogen) atoms. The van der Waals surface area contributed by atoms with Crippen LogP contribution in [0.1, 0.15) is 5.56 Å². The van der Waals surface area contributed by atoms with Gasteiger partial charge in [-0.3, -0.25) is 10.1 Å². The van der Waals surface area contributed by atoms with Crippen LogP contribution in [0.3, 0.4) is 0 Å². The Morgan fingerprint density at radius 1 is 1.33 bits per heavy atom. The van der Waals surface area contributed by atoms with Gasteiger partial charge in [0, 0.05) is 17.7 Å². The summed E-state index contributed by atoms with van der Waals surface area (Å²) < 4.78 is 0.765. The van der Waals surface area contributed by atoms with E-state index in [1.54, 1.807) is 12.1 Å². The maximum Gasteiger partial charge on any atom is 0.269 e. The molecule has 0 bridgehead atoms. The SMILES string of the molecule is C[N+](C)(C)Cc1cccc([N+](=O)[O-])c1.[Cl-]. The molecule has 0 N–H and O–H groups in total. The van der Waals surface area contributed by atoms with Gasteiger partial charge in [-0.15, -0.1) is 0 Å². The Hall–Kier alpha value is -1.13. The average molecular weight is 231 g/mol. The van der Waals surface area contributed by atoms with Gasteiger partial charge in [-0.1, -0.05) is 12.1 Å². The molecule has 5 heteroatoms. The van der Waals surface area contributed by atoms with Crippen LogP contribution in [0.2, 0.25) is 0 Å². The number of nitro benzene ring substituents is 1. The van der Waals surface area contributed by atoms with Crippen molar-refractivity contribution < 1.29 is 21.8 Å². The van der Waals surface area contributed by atoms with Crippen LogP contribution in [-0.2, 0) is 6.54 Å². The normalized spacial score (nSPS) is 10.6. The zero-order chi connectivity index (χ0) is 10.8. The maximum atomic E-state index is 10.5. The van der Waals surface area contributed by atoms with E-state index < -0.39 is 0 Å². The van der Waals surface area contributed by atoms with Gasteiger partial charge in [0.25, 0.3) is 5.69 Å². The highest BCUT2D eigenvalue weighted by Crippen LogP contribution is 2.15. The van der Waals surface area contributed by atoms with E-state index in [4.69, 9.17) is 0 Å². The number of non-ortho nitro benzene ring substituents is 1. The fraction of sp³-hybridized carbons (Fsp3) is 0.400. The highest BCUT2D eigenvalue weighted by atomic mass is 35.5. The third-order valence-corrected chi connectivity index (χ3v) is 1.78. The van der Waals surface area contributed by atoms with E-state index in [9.17, 15) is 10.1 Å². The van der Waals surface area contributed by atoms with Gasteiger partial charge >= 0.3 is 0 Å². The van der Waals surface area contributed by atoms with Crippen molar-refractivity contribution in [2.24, 2.45) is 0 Å². The Balaban J connectivity index is 0.00000196. The largest absolute Gasteiger partial charge is 1.00 e. The molecule has 0 unspecified atom stereocenters. The number of benzene rings is 1. The first-order valence-electron chi connectivity index (χ1n) is 4.42. The minimum atomic E-state index is -0.362. The summed E-state index contributed by atoms with van der Waals surface area (Å²) in [4.78, 5) is 10.2. The summed E-state index contributed by atoms with van der Waals surface area (Å²) in [5, 5.41) is 10.5. The highest BCUT2D eigenvalue weighted by molar-refractivity contribution is 5.33. The van der Waals surface area contributed by atoms with Crippen LogP contribution >= 0.6 is 0 Å². The average Bonchev–Trinajstić information content (AvgIpc) is 2.01. The van der Waals surface area contributed by atoms with Crippen molar-refractivity contribution in [3.8, 4) is 0 Å². The highest BCUT2D eigenvalue weighted by Gasteiger charge is 2.11. The van der Waals surface area contributed by atoms with Gasteiger partial charge in [-0.25, -0.2) is 0 Å². The Bertz CT molecular complexity index is 348. The second-order valence-corrected chi connectivity index (χ2v) is 4.38. The summed E-state index contributed by atoms with van der Waals surface area (Å²) in [6.07, 6.45) is 0. The molecule has 0 fully saturated rings. The summed E-state index contributed by atoms with van der Waals surface area (Å²) in [6, 6.07) is 6.78. The third kappa shape index (κ3) is 4.76. The lowest BCUT2D eigenvalue weighted by atomic mass is 10.2. The first-order valence-corrected chi connectivity index (χ1v) is 4.42. The number of quaternary nitrogens is 1. The molecule has 0 aliphatic rings. The van der Waals surface area contributed by atoms with Gasteiger partial charge < -0.3 is 16.9 Å². The van der Waals surface area contributed by atoms with Gasteiger partial charge in [0.1, 0.15) is 6.54 Å². The van der Waals surface area contributed by atoms with Crippen LogP contribution in [0.5, 0.6) is 0 Å². The van der Waals surface area contributed by atoms with Gasteiger partial charge in [0.2, 0.25) is 0 Å². The van der Waals surface area contributed by atoms with Crippen molar-refractivity contribution in [3.05, 3.63) is 39.9 Å². The molecule has 4 nitrogen and oxygen atoms in total. The van der Waals surface area contributed by atoms with Crippen molar-refractivity contribution in [2.75, 3.05) is 21.1 Å². The van der Waals surface area contributed by atoms with Crippen LogP contribution in [-0.4, -0.2) is 30.5 Å². The molecule has 0 amide bonds. The molecule has 0 aliphatic heterocycles. The van der Waals surface area contributed by atoms with Gasteiger partial charge in [-0.2, -0.15) is 0 Å². The summed E-state index contributed by atoms with van der Waals surface area (Å²) >= 11 is 0. The molecular formula is C10H15ClN2O2. The Morgan fingerprint density at radius 2 is 1.93 bits per heavy atom. The van der Waals surface area contributed by atoms with Crippen molar-refractivity contribution >= 4 is 5.69 Å². The van der Waals surface area contributed by atoms with Crippen LogP contribution in [0.4, 0.5) is 5.69 Å². The monoisotopic (exact) mass is 230 g/mol. The van der Waals surface area contributed by atoms with Crippen LogP contribution in [0.15, 0.2) is 24.3 Å². The fourth-order valence-corrected chi connectivity index (χ4v) is 1.32. The molecule has 0 radical (unpaired) electrons. The molecule has 0 aromatic heterocycles. The molecule has 0 saturated carbocycles. The van der Waals surface area contributed by atoms with Gasteiger partial charge in [0.05, 0.1) is 26.1 Å². The number of halogens is 1. The summed E-state index contributed by atoms with van der Waals surface area (Å²) in [5.41, 5.74) is 1.16. The van der Waals surface area contributed by atoms with E-state index in [2.05, 4.69) is 21.1 Å². The van der Waals surface area contributed by atoms with Gasteiger partial charge in [-0.05, 0) is 0 Å². The van der Waals surface area contributed by atoms with E-state index in [-0.39, 0.29) is 23.0 Å². The summed E-state index contributed by atoms with van der Waals surface area (Å²) in [7, 11) is 6.16. The topological polar surface area (TPSA) is 43.1 Å². The van der Waals surface area contributed by atoms with Crippen LogP contribution in [0.25, 0.3) is 0 Å². The zero-order valence-corrected chi connectivity index (χ0v) is 9.86. The van der Waals surface area contributed by atoms with Crippen LogP contribution in [0, 0.1) is 10.1 Å². The zero-order valence-electron chi connectivity index (χ0n) is 9.11. The molecule has 1 rings (SSSR count). The molecule has 0 saturated heterocycles. The second kappa shape index (κ2) is 5.09. The fourth-order valence-electron chi connectivity index (χ4n) is 1.32. The van der Waals surface area contributed by atoms with E-state index in [1.165, 1.54) is 6.07 Å². The smallest absolute Gasteiger partial charge is 0.269 e. The van der Waals surface area contributed by atoms with Gasteiger partial charge in [0.15, 0.2) is 0 Å². The summed E-state index contributed by atoms with van der Waals surface area (Å²) in [6.45, 7) is 0.793. The molecule has 0 heterocycles.